The van der Waals surface area contributed by atoms with Crippen LogP contribution < -0.4 is 0 Å². The summed E-state index contributed by atoms with van der Waals surface area (Å²) in [5, 5.41) is 46.0. The number of esters is 4. The van der Waals surface area contributed by atoms with Gasteiger partial charge in [0.25, 0.3) is 0 Å². The zero-order valence-electron chi connectivity index (χ0n) is 58.7. The van der Waals surface area contributed by atoms with Crippen molar-refractivity contribution >= 4 is 23.9 Å². The van der Waals surface area contributed by atoms with Crippen molar-refractivity contribution in [1.29, 1.82) is 0 Å². The van der Waals surface area contributed by atoms with Crippen LogP contribution in [0.1, 0.15) is 233 Å². The van der Waals surface area contributed by atoms with Gasteiger partial charge < -0.3 is 39.4 Å². The molecule has 89 heavy (non-hydrogen) atoms. The molecule has 0 unspecified atom stereocenters. The van der Waals surface area contributed by atoms with Gasteiger partial charge in [0.05, 0.1) is 0 Å². The quantitative estimate of drug-likeness (QED) is 0.0373. The smallest absolute Gasteiger partial charge is 0.333 e. The minimum Gasteiger partial charge on any atom is -0.507 e. The van der Waals surface area contributed by atoms with Gasteiger partial charge in [-0.25, -0.2) is 19.2 Å². The third-order valence-corrected chi connectivity index (χ3v) is 16.0. The standard InChI is InChI=1S/C77H108O12/c1-45(29-49-33-53(69(5,6)7)61(78)54(34-49)70(8,9)10)65(82)86-41-77(42-87-66(83)46(2)30-50-35-55(71(11,12)13)62(79)56(36-50)72(14,15)16,43-88-67(84)47(3)31-51-37-57(73(17,18)19)63(80)58(38-51)74(20,21)22)44-89-68(85)48(4)32-52-39-59(75(23,24)25)64(81)60(40-52)76(26,27)28/h33-40,78-81H,1-4,29-32,41-44H2,5-28H3. The van der Waals surface area contributed by atoms with Gasteiger partial charge in [0, 0.05) is 48.0 Å². The second kappa shape index (κ2) is 26.8. The van der Waals surface area contributed by atoms with E-state index in [-0.39, 0.29) is 71.0 Å². The lowest BCUT2D eigenvalue weighted by Gasteiger charge is -2.32. The molecule has 4 rings (SSSR count). The van der Waals surface area contributed by atoms with Gasteiger partial charge in [-0.05, 0) is 110 Å². The summed E-state index contributed by atoms with van der Waals surface area (Å²) in [5.74, 6) is -2.69. The minimum atomic E-state index is -1.80. The van der Waals surface area contributed by atoms with Crippen molar-refractivity contribution < 1.29 is 58.6 Å². The van der Waals surface area contributed by atoms with Crippen LogP contribution in [0.15, 0.2) is 97.1 Å². The molecular formula is C77H108O12. The Labute approximate surface area is 533 Å². The van der Waals surface area contributed by atoms with Gasteiger partial charge in [-0.3, -0.25) is 0 Å². The molecule has 0 aliphatic rings. The average molecular weight is 1230 g/mol. The van der Waals surface area contributed by atoms with Crippen LogP contribution in [-0.4, -0.2) is 70.7 Å². The summed E-state index contributed by atoms with van der Waals surface area (Å²) in [6.45, 7) is 61.8. The lowest BCUT2D eigenvalue weighted by Crippen LogP contribution is -2.44. The molecule has 0 heterocycles. The Morgan fingerprint density at radius 2 is 0.404 bits per heavy atom. The Morgan fingerprint density at radius 1 is 0.281 bits per heavy atom. The number of carbonyl (C=O) groups excluding carboxylic acids is 4. The first-order valence-corrected chi connectivity index (χ1v) is 31.0. The Kier molecular flexibility index (Phi) is 22.4. The summed E-state index contributed by atoms with van der Waals surface area (Å²) in [6, 6.07) is 14.8. The van der Waals surface area contributed by atoms with Gasteiger partial charge in [0.1, 0.15) is 54.8 Å². The monoisotopic (exact) mass is 1220 g/mol. The number of benzene rings is 4. The summed E-state index contributed by atoms with van der Waals surface area (Å²) < 4.78 is 24.5. The number of phenolic OH excluding ortho intramolecular Hbond substituents is 4. The Balaban J connectivity index is 1.87. The first-order chi connectivity index (χ1) is 40.1. The predicted octanol–water partition coefficient (Wildman–Crippen LogP) is 16.5. The Morgan fingerprint density at radius 3 is 0.517 bits per heavy atom. The number of carbonyl (C=O) groups is 4. The van der Waals surface area contributed by atoms with Crippen LogP contribution in [0.25, 0.3) is 0 Å². The SMILES string of the molecule is C=C(Cc1cc(C(C)(C)C)c(O)c(C(C)(C)C)c1)C(=O)OCC(COC(=O)C(=C)Cc1cc(C(C)(C)C)c(O)c(C(C)(C)C)c1)(COC(=O)C(=C)Cc1cc(C(C)(C)C)c(O)c(C(C)(C)C)c1)COC(=O)C(=C)Cc1cc(C(C)(C)C)c(O)c(C(C)(C)C)c1. The van der Waals surface area contributed by atoms with E-state index in [9.17, 15) is 39.6 Å². The molecule has 4 N–H and O–H groups in total. The molecule has 0 fully saturated rings. The van der Waals surface area contributed by atoms with Crippen molar-refractivity contribution in [2.24, 2.45) is 5.41 Å². The number of phenols is 4. The van der Waals surface area contributed by atoms with E-state index in [2.05, 4.69) is 26.3 Å². The van der Waals surface area contributed by atoms with Crippen LogP contribution in [0.5, 0.6) is 23.0 Å². The normalized spacial score (nSPS) is 12.9. The van der Waals surface area contributed by atoms with E-state index in [1.807, 2.05) is 215 Å². The molecule has 4 aromatic carbocycles. The van der Waals surface area contributed by atoms with Crippen LogP contribution >= 0.6 is 0 Å². The molecule has 0 radical (unpaired) electrons. The number of hydrogen-bond donors (Lipinski definition) is 4. The highest BCUT2D eigenvalue weighted by molar-refractivity contribution is 5.90. The van der Waals surface area contributed by atoms with Gasteiger partial charge in [-0.1, -0.05) is 241 Å². The number of aromatic hydroxyl groups is 4. The van der Waals surface area contributed by atoms with E-state index in [1.54, 1.807) is 0 Å². The highest BCUT2D eigenvalue weighted by Gasteiger charge is 2.40. The minimum absolute atomic E-state index is 0.0258. The number of ether oxygens (including phenoxy) is 4. The lowest BCUT2D eigenvalue weighted by atomic mass is 9.78. The van der Waals surface area contributed by atoms with Crippen molar-refractivity contribution in [3.63, 3.8) is 0 Å². The van der Waals surface area contributed by atoms with E-state index in [0.29, 0.717) is 66.8 Å². The van der Waals surface area contributed by atoms with Gasteiger partial charge in [-0.2, -0.15) is 0 Å². The van der Waals surface area contributed by atoms with Crippen LogP contribution in [0.3, 0.4) is 0 Å². The summed E-state index contributed by atoms with van der Waals surface area (Å²) in [6.07, 6.45) is 0.103. The maximum Gasteiger partial charge on any atom is 0.333 e. The van der Waals surface area contributed by atoms with Crippen molar-refractivity contribution in [3.8, 4) is 23.0 Å². The topological polar surface area (TPSA) is 186 Å². The Hall–Kier alpha value is -7.08. The van der Waals surface area contributed by atoms with Gasteiger partial charge in [0.2, 0.25) is 0 Å². The van der Waals surface area contributed by atoms with Crippen molar-refractivity contribution in [2.75, 3.05) is 26.4 Å². The summed E-state index contributed by atoms with van der Waals surface area (Å²) in [5.41, 5.74) is 2.97. The van der Waals surface area contributed by atoms with Gasteiger partial charge in [0.15, 0.2) is 0 Å². The molecular weight excluding hydrogens is 1120 g/mol. The van der Waals surface area contributed by atoms with E-state index >= 15 is 0 Å². The molecule has 0 spiro atoms. The predicted molar refractivity (Wildman–Crippen MR) is 360 cm³/mol. The second-order valence-electron chi connectivity index (χ2n) is 33.1. The first kappa shape index (κ1) is 74.4. The fourth-order valence-corrected chi connectivity index (χ4v) is 10.6. The number of hydrogen-bond acceptors (Lipinski definition) is 12. The van der Waals surface area contributed by atoms with E-state index in [4.69, 9.17) is 18.9 Å². The molecule has 0 bridgehead atoms. The van der Waals surface area contributed by atoms with E-state index in [1.165, 1.54) is 0 Å². The first-order valence-electron chi connectivity index (χ1n) is 31.0. The van der Waals surface area contributed by atoms with E-state index < -0.39 is 99.0 Å². The highest BCUT2D eigenvalue weighted by Crippen LogP contribution is 2.45. The van der Waals surface area contributed by atoms with Crippen LogP contribution in [0.2, 0.25) is 0 Å². The molecule has 0 saturated carbocycles. The molecule has 488 valence electrons. The van der Waals surface area contributed by atoms with Crippen LogP contribution in [0.4, 0.5) is 0 Å². The molecule has 0 aliphatic carbocycles. The third-order valence-electron chi connectivity index (χ3n) is 16.0. The summed E-state index contributed by atoms with van der Waals surface area (Å²) >= 11 is 0. The molecule has 0 amide bonds. The second-order valence-corrected chi connectivity index (χ2v) is 33.1. The van der Waals surface area contributed by atoms with Crippen LogP contribution in [0, 0.1) is 5.41 Å². The molecule has 0 atom stereocenters. The van der Waals surface area contributed by atoms with Crippen LogP contribution in [-0.2, 0) is 107 Å². The molecule has 0 saturated heterocycles. The largest absolute Gasteiger partial charge is 0.507 e. The summed E-state index contributed by atoms with van der Waals surface area (Å²) in [4.78, 5) is 57.8. The lowest BCUT2D eigenvalue weighted by molar-refractivity contribution is -0.165. The molecule has 12 nitrogen and oxygen atoms in total. The molecule has 4 aromatic rings. The van der Waals surface area contributed by atoms with E-state index in [0.717, 1.165) is 0 Å². The fraction of sp³-hybridized carbons (Fsp3) is 0.532. The van der Waals surface area contributed by atoms with Gasteiger partial charge in [-0.15, -0.1) is 0 Å². The third kappa shape index (κ3) is 19.5. The van der Waals surface area contributed by atoms with Crippen molar-refractivity contribution in [1.82, 2.24) is 0 Å². The van der Waals surface area contributed by atoms with Crippen molar-refractivity contribution in [2.45, 2.75) is 235 Å². The maximum atomic E-state index is 14.4. The van der Waals surface area contributed by atoms with Gasteiger partial charge >= 0.3 is 23.9 Å². The molecule has 0 aliphatic heterocycles. The fourth-order valence-electron chi connectivity index (χ4n) is 10.6. The summed E-state index contributed by atoms with van der Waals surface area (Å²) in [7, 11) is 0. The zero-order valence-corrected chi connectivity index (χ0v) is 58.7. The maximum absolute atomic E-state index is 14.4. The van der Waals surface area contributed by atoms with Crippen molar-refractivity contribution in [3.05, 3.63) is 164 Å². The highest BCUT2D eigenvalue weighted by atomic mass is 16.6. The zero-order chi connectivity index (χ0) is 68.5. The number of rotatable bonds is 20. The molecule has 12 heteroatoms. The average Bonchev–Trinajstić information content (AvgIpc) is 3.08. The molecule has 0 aromatic heterocycles. The Bertz CT molecular complexity index is 2790.